The predicted octanol–water partition coefficient (Wildman–Crippen LogP) is 3.26. The molecular weight excluding hydrogens is 274 g/mol. The Balaban J connectivity index is 1.98. The Morgan fingerprint density at radius 3 is 2.77 bits per heavy atom. The van der Waals surface area contributed by atoms with Crippen molar-refractivity contribution in [3.05, 3.63) is 29.3 Å². The average molecular weight is 301 g/mol. The molecule has 1 N–H and O–H groups in total. The number of likely N-dealkylation sites (N-methyl/N-ethyl adjacent to an activating group) is 1. The standard InChI is InChI=1S/C19H27NO2/c1-18-8-4-5-9-19(18)10-11-20(2)17(18)16(21)14-7-6-13(22-3)12-15(14)19/h6-7,12,16-17,21H,4-5,8-11H2,1-3H3/t16-,17?,18-,19+/m0/s1. The predicted molar refractivity (Wildman–Crippen MR) is 87.2 cm³/mol. The highest BCUT2D eigenvalue weighted by Gasteiger charge is 2.63. The molecule has 0 radical (unpaired) electrons. The Hall–Kier alpha value is -1.06. The molecule has 1 heterocycles. The number of rotatable bonds is 1. The van der Waals surface area contributed by atoms with Crippen LogP contribution in [0, 0.1) is 5.41 Å². The molecule has 120 valence electrons. The summed E-state index contributed by atoms with van der Waals surface area (Å²) >= 11 is 0. The molecule has 4 atom stereocenters. The molecule has 1 saturated heterocycles. The Kier molecular flexibility index (Phi) is 3.11. The zero-order chi connectivity index (χ0) is 15.5. The first-order chi connectivity index (χ1) is 10.5. The monoisotopic (exact) mass is 301 g/mol. The maximum absolute atomic E-state index is 11.1. The second-order valence-corrected chi connectivity index (χ2v) is 7.78. The summed E-state index contributed by atoms with van der Waals surface area (Å²) in [6.07, 6.45) is 5.87. The molecule has 1 aliphatic heterocycles. The van der Waals surface area contributed by atoms with Crippen LogP contribution in [0.4, 0.5) is 0 Å². The molecule has 3 aliphatic rings. The number of hydrogen-bond donors (Lipinski definition) is 1. The van der Waals surface area contributed by atoms with Crippen molar-refractivity contribution in [2.24, 2.45) is 5.41 Å². The van der Waals surface area contributed by atoms with Crippen molar-refractivity contribution < 1.29 is 9.84 Å². The van der Waals surface area contributed by atoms with Gasteiger partial charge in [-0.3, -0.25) is 4.90 Å². The van der Waals surface area contributed by atoms with Gasteiger partial charge in [0.2, 0.25) is 0 Å². The summed E-state index contributed by atoms with van der Waals surface area (Å²) in [6, 6.07) is 6.55. The molecule has 2 aliphatic carbocycles. The Labute approximate surface area is 133 Å². The molecule has 3 nitrogen and oxygen atoms in total. The summed E-state index contributed by atoms with van der Waals surface area (Å²) in [6.45, 7) is 3.51. The smallest absolute Gasteiger partial charge is 0.119 e. The minimum Gasteiger partial charge on any atom is -0.497 e. The average Bonchev–Trinajstić information content (AvgIpc) is 2.52. The number of hydrogen-bond acceptors (Lipinski definition) is 3. The van der Waals surface area contributed by atoms with Crippen molar-refractivity contribution in [3.8, 4) is 5.75 Å². The van der Waals surface area contributed by atoms with Gasteiger partial charge in [0.15, 0.2) is 0 Å². The van der Waals surface area contributed by atoms with Crippen LogP contribution in [0.25, 0.3) is 0 Å². The Morgan fingerprint density at radius 2 is 2.00 bits per heavy atom. The molecule has 1 aromatic carbocycles. The fraction of sp³-hybridized carbons (Fsp3) is 0.684. The largest absolute Gasteiger partial charge is 0.497 e. The fourth-order valence-corrected chi connectivity index (χ4v) is 5.95. The van der Waals surface area contributed by atoms with Gasteiger partial charge in [0.25, 0.3) is 0 Å². The van der Waals surface area contributed by atoms with Gasteiger partial charge in [0, 0.05) is 11.5 Å². The van der Waals surface area contributed by atoms with Crippen LogP contribution in [0.5, 0.6) is 5.75 Å². The van der Waals surface area contributed by atoms with Crippen LogP contribution in [-0.4, -0.2) is 36.8 Å². The SMILES string of the molecule is COc1ccc2c(c1)[C@]13CCCC[C@@]1(C)C([C@H]2O)N(C)CC3. The van der Waals surface area contributed by atoms with Gasteiger partial charge in [-0.1, -0.05) is 25.8 Å². The van der Waals surface area contributed by atoms with E-state index in [4.69, 9.17) is 4.74 Å². The van der Waals surface area contributed by atoms with Crippen molar-refractivity contribution >= 4 is 0 Å². The third-order valence-electron chi connectivity index (χ3n) is 7.06. The molecule has 0 spiro atoms. The van der Waals surface area contributed by atoms with E-state index < -0.39 is 0 Å². The lowest BCUT2D eigenvalue weighted by Gasteiger charge is -2.66. The highest BCUT2D eigenvalue weighted by molar-refractivity contribution is 5.48. The first-order valence-electron chi connectivity index (χ1n) is 8.60. The zero-order valence-electron chi connectivity index (χ0n) is 13.9. The van der Waals surface area contributed by atoms with Crippen LogP contribution in [0.15, 0.2) is 18.2 Å². The van der Waals surface area contributed by atoms with E-state index in [1.54, 1.807) is 7.11 Å². The molecule has 1 aromatic rings. The third kappa shape index (κ3) is 1.59. The second-order valence-electron chi connectivity index (χ2n) is 7.78. The van der Waals surface area contributed by atoms with Gasteiger partial charge in [-0.15, -0.1) is 0 Å². The maximum Gasteiger partial charge on any atom is 0.119 e. The highest BCUT2D eigenvalue weighted by atomic mass is 16.5. The van der Waals surface area contributed by atoms with Gasteiger partial charge >= 0.3 is 0 Å². The van der Waals surface area contributed by atoms with Crippen LogP contribution in [0.1, 0.15) is 56.3 Å². The van der Waals surface area contributed by atoms with Crippen molar-refractivity contribution in [2.75, 3.05) is 20.7 Å². The third-order valence-corrected chi connectivity index (χ3v) is 7.06. The zero-order valence-corrected chi connectivity index (χ0v) is 13.9. The summed E-state index contributed by atoms with van der Waals surface area (Å²) in [4.78, 5) is 2.40. The molecular formula is C19H27NO2. The van der Waals surface area contributed by atoms with Crippen LogP contribution >= 0.6 is 0 Å². The molecule has 2 fully saturated rings. The lowest BCUT2D eigenvalue weighted by atomic mass is 9.44. The van der Waals surface area contributed by atoms with Crippen molar-refractivity contribution in [1.82, 2.24) is 4.90 Å². The lowest BCUT2D eigenvalue weighted by Crippen LogP contribution is -2.67. The summed E-state index contributed by atoms with van der Waals surface area (Å²) in [5.41, 5.74) is 2.88. The van der Waals surface area contributed by atoms with Crippen LogP contribution < -0.4 is 4.74 Å². The van der Waals surface area contributed by atoms with Crippen LogP contribution in [-0.2, 0) is 5.41 Å². The maximum atomic E-state index is 11.1. The summed E-state index contributed by atoms with van der Waals surface area (Å²) in [5.74, 6) is 0.922. The molecule has 0 aromatic heterocycles. The Morgan fingerprint density at radius 1 is 1.23 bits per heavy atom. The number of benzene rings is 1. The van der Waals surface area contributed by atoms with Gasteiger partial charge in [-0.05, 0) is 61.5 Å². The number of aliphatic hydroxyl groups excluding tert-OH is 1. The highest BCUT2D eigenvalue weighted by Crippen LogP contribution is 2.65. The van der Waals surface area contributed by atoms with E-state index in [1.165, 1.54) is 37.7 Å². The quantitative estimate of drug-likeness (QED) is 0.864. The Bertz CT molecular complexity index is 601. The summed E-state index contributed by atoms with van der Waals surface area (Å²) < 4.78 is 5.49. The van der Waals surface area contributed by atoms with Gasteiger partial charge in [0.05, 0.1) is 13.2 Å². The van der Waals surface area contributed by atoms with E-state index in [2.05, 4.69) is 31.0 Å². The summed E-state index contributed by atoms with van der Waals surface area (Å²) in [5, 5.41) is 11.1. The molecule has 0 amide bonds. The molecule has 2 bridgehead atoms. The van der Waals surface area contributed by atoms with E-state index in [0.717, 1.165) is 17.9 Å². The van der Waals surface area contributed by atoms with Crippen molar-refractivity contribution in [1.29, 1.82) is 0 Å². The number of nitrogens with zero attached hydrogens (tertiary/aromatic N) is 1. The number of fused-ring (bicyclic) bond motifs is 1. The topological polar surface area (TPSA) is 32.7 Å². The normalized spacial score (nSPS) is 40.7. The van der Waals surface area contributed by atoms with Gasteiger partial charge in [-0.25, -0.2) is 0 Å². The molecule has 3 heteroatoms. The van der Waals surface area contributed by atoms with Gasteiger partial charge in [-0.2, -0.15) is 0 Å². The van der Waals surface area contributed by atoms with Gasteiger partial charge < -0.3 is 9.84 Å². The summed E-state index contributed by atoms with van der Waals surface area (Å²) in [7, 11) is 3.92. The number of likely N-dealkylation sites (tertiary alicyclic amines) is 1. The second kappa shape index (κ2) is 4.72. The lowest BCUT2D eigenvalue weighted by molar-refractivity contribution is -0.126. The number of aliphatic hydroxyl groups is 1. The van der Waals surface area contributed by atoms with E-state index in [1.807, 2.05) is 6.07 Å². The van der Waals surface area contributed by atoms with E-state index in [9.17, 15) is 5.11 Å². The molecule has 1 unspecified atom stereocenters. The minimum atomic E-state index is -0.387. The number of piperidine rings is 1. The minimum absolute atomic E-state index is 0.164. The molecule has 4 rings (SSSR count). The first kappa shape index (κ1) is 14.5. The first-order valence-corrected chi connectivity index (χ1v) is 8.60. The number of methoxy groups -OCH3 is 1. The van der Waals surface area contributed by atoms with Crippen LogP contribution in [0.3, 0.4) is 0 Å². The van der Waals surface area contributed by atoms with E-state index in [-0.39, 0.29) is 23.0 Å². The molecule has 1 saturated carbocycles. The van der Waals surface area contributed by atoms with E-state index >= 15 is 0 Å². The van der Waals surface area contributed by atoms with Crippen LogP contribution in [0.2, 0.25) is 0 Å². The van der Waals surface area contributed by atoms with E-state index in [0.29, 0.717) is 0 Å². The van der Waals surface area contributed by atoms with Crippen molar-refractivity contribution in [3.63, 3.8) is 0 Å². The molecule has 22 heavy (non-hydrogen) atoms. The fourth-order valence-electron chi connectivity index (χ4n) is 5.95. The number of ether oxygens (including phenoxy) is 1. The van der Waals surface area contributed by atoms with Gasteiger partial charge in [0.1, 0.15) is 5.75 Å². The van der Waals surface area contributed by atoms with Crippen molar-refractivity contribution in [2.45, 2.75) is 56.6 Å².